The molecule has 13 heteroatoms. The van der Waals surface area contributed by atoms with E-state index in [4.69, 9.17) is 0 Å². The minimum atomic E-state index is -5.02. The molecule has 0 atom stereocenters. The first-order valence-corrected chi connectivity index (χ1v) is 16.8. The summed E-state index contributed by atoms with van der Waals surface area (Å²) >= 11 is 0. The number of nitrogens with one attached hydrogen (secondary N) is 1. The van der Waals surface area contributed by atoms with Gasteiger partial charge in [0, 0.05) is 27.1 Å². The SMILES string of the molecule is C=C/C=C\C(=C)Nc1cc(S(=O)(=O)O)c2nc(=O)/c(=C(\O)c3cccc(S(=O)(=O)O)c3)c3c4ccccc4c(=O)c1c2=3.CC.CC. The summed E-state index contributed by atoms with van der Waals surface area (Å²) in [5.74, 6) is -0.755. The van der Waals surface area contributed by atoms with Gasteiger partial charge in [-0.15, -0.1) is 0 Å². The van der Waals surface area contributed by atoms with Gasteiger partial charge in [0.05, 0.1) is 26.7 Å². The standard InChI is InChI=1S/C29H20N2O9S2.2C2H6/c1-3-4-8-15(2)30-20-14-21(42(38,39)40)26-24-22(18-11-5-6-12-19(18)28(33)23(20)24)25(29(34)31-26)27(32)16-9-7-10-17(13-16)41(35,36)37;2*1-2/h3-14,30,32H,1-2H2,(H,35,36,37)(H,38,39,40);2*1-2H3/b8-4-,27-25-;;. The van der Waals surface area contributed by atoms with Crippen LogP contribution in [0.4, 0.5) is 5.69 Å². The van der Waals surface area contributed by atoms with Crippen molar-refractivity contribution in [3.05, 3.63) is 133 Å². The van der Waals surface area contributed by atoms with Crippen LogP contribution < -0.4 is 21.5 Å². The Balaban J connectivity index is 0.00000139. The summed E-state index contributed by atoms with van der Waals surface area (Å²) < 4.78 is 68.1. The molecule has 0 fully saturated rings. The largest absolute Gasteiger partial charge is 0.506 e. The summed E-state index contributed by atoms with van der Waals surface area (Å²) in [7, 11) is -9.71. The van der Waals surface area contributed by atoms with Crippen LogP contribution in [0.3, 0.4) is 0 Å². The minimum absolute atomic E-state index is 0.0780. The zero-order valence-electron chi connectivity index (χ0n) is 25.4. The number of benzene rings is 3. The van der Waals surface area contributed by atoms with Crippen molar-refractivity contribution >= 4 is 53.4 Å². The van der Waals surface area contributed by atoms with Gasteiger partial charge in [0.15, 0.2) is 5.43 Å². The highest BCUT2D eigenvalue weighted by atomic mass is 32.2. The van der Waals surface area contributed by atoms with Crippen LogP contribution in [0.2, 0.25) is 0 Å². The van der Waals surface area contributed by atoms with Gasteiger partial charge < -0.3 is 10.4 Å². The van der Waals surface area contributed by atoms with Crippen molar-refractivity contribution in [3.63, 3.8) is 0 Å². The second-order valence-electron chi connectivity index (χ2n) is 9.13. The molecular weight excluding hydrogens is 633 g/mol. The lowest BCUT2D eigenvalue weighted by molar-refractivity contribution is 0.481. The van der Waals surface area contributed by atoms with Gasteiger partial charge in [-0.3, -0.25) is 18.7 Å². The molecule has 3 aromatic carbocycles. The first-order chi connectivity index (χ1) is 21.7. The molecule has 1 heterocycles. The third-order valence-electron chi connectivity index (χ3n) is 6.51. The van der Waals surface area contributed by atoms with Crippen LogP contribution >= 0.6 is 0 Å². The molecule has 0 amide bonds. The molecule has 240 valence electrons. The first-order valence-electron chi connectivity index (χ1n) is 14.0. The summed E-state index contributed by atoms with van der Waals surface area (Å²) in [6, 6.07) is 11.5. The lowest BCUT2D eigenvalue weighted by atomic mass is 9.96. The Labute approximate surface area is 265 Å². The monoisotopic (exact) mass is 664 g/mol. The van der Waals surface area contributed by atoms with E-state index >= 15 is 0 Å². The van der Waals surface area contributed by atoms with E-state index < -0.39 is 57.5 Å². The molecule has 0 saturated heterocycles. The summed E-state index contributed by atoms with van der Waals surface area (Å²) in [5, 5.41) is 13.7. The maximum atomic E-state index is 13.9. The molecule has 4 N–H and O–H groups in total. The predicted molar refractivity (Wildman–Crippen MR) is 179 cm³/mol. The van der Waals surface area contributed by atoms with Crippen molar-refractivity contribution in [1.82, 2.24) is 4.98 Å². The van der Waals surface area contributed by atoms with Crippen LogP contribution in [-0.4, -0.2) is 36.0 Å². The molecule has 0 aromatic heterocycles. The number of allylic oxidation sites excluding steroid dienone is 3. The van der Waals surface area contributed by atoms with Crippen molar-refractivity contribution < 1.29 is 31.0 Å². The van der Waals surface area contributed by atoms with Gasteiger partial charge >= 0.3 is 0 Å². The molecule has 0 radical (unpaired) electrons. The highest BCUT2D eigenvalue weighted by Gasteiger charge is 2.25. The average Bonchev–Trinajstić information content (AvgIpc) is 3.03. The van der Waals surface area contributed by atoms with Crippen molar-refractivity contribution in [2.24, 2.45) is 0 Å². The van der Waals surface area contributed by atoms with Crippen LogP contribution in [0.25, 0.3) is 27.4 Å². The number of anilines is 1. The lowest BCUT2D eigenvalue weighted by Gasteiger charge is -2.15. The number of hydrogen-bond acceptors (Lipinski definition) is 9. The number of fused-ring (bicyclic) bond motifs is 2. The van der Waals surface area contributed by atoms with Crippen LogP contribution in [0.1, 0.15) is 33.3 Å². The summed E-state index contributed by atoms with van der Waals surface area (Å²) in [5.41, 5.74) is -2.29. The molecule has 5 rings (SSSR count). The van der Waals surface area contributed by atoms with Crippen molar-refractivity contribution in [3.8, 4) is 0 Å². The van der Waals surface area contributed by atoms with E-state index in [2.05, 4.69) is 23.5 Å². The summed E-state index contributed by atoms with van der Waals surface area (Å²) in [6.45, 7) is 15.4. The van der Waals surface area contributed by atoms with Crippen LogP contribution in [0.15, 0.2) is 111 Å². The fraction of sp³-hybridized carbons (Fsp3) is 0.121. The zero-order valence-corrected chi connectivity index (χ0v) is 27.0. The Bertz CT molecular complexity index is 2480. The zero-order chi connectivity index (χ0) is 34.6. The molecule has 2 aliphatic rings. The van der Waals surface area contributed by atoms with E-state index in [1.807, 2.05) is 27.7 Å². The first kappa shape index (κ1) is 35.5. The second-order valence-corrected chi connectivity index (χ2v) is 11.9. The van der Waals surface area contributed by atoms with Gasteiger partial charge in [0.1, 0.15) is 10.7 Å². The van der Waals surface area contributed by atoms with E-state index in [1.165, 1.54) is 42.5 Å². The number of aliphatic hydroxyl groups excluding tert-OH is 1. The maximum Gasteiger partial charge on any atom is 0.296 e. The Kier molecular flexibility index (Phi) is 10.8. The number of rotatable bonds is 7. The van der Waals surface area contributed by atoms with Gasteiger partial charge in [-0.2, -0.15) is 16.8 Å². The fourth-order valence-corrected chi connectivity index (χ4v) is 5.98. The topological polar surface area (TPSA) is 188 Å². The normalized spacial score (nSPS) is 12.3. The Morgan fingerprint density at radius 1 is 0.870 bits per heavy atom. The van der Waals surface area contributed by atoms with Gasteiger partial charge in [-0.25, -0.2) is 4.98 Å². The maximum absolute atomic E-state index is 13.9. The van der Waals surface area contributed by atoms with Crippen molar-refractivity contribution in [2.75, 3.05) is 5.32 Å². The summed E-state index contributed by atoms with van der Waals surface area (Å²) in [4.78, 5) is 29.9. The highest BCUT2D eigenvalue weighted by molar-refractivity contribution is 7.86. The molecular formula is C33H32N2O9S2. The summed E-state index contributed by atoms with van der Waals surface area (Å²) in [6.07, 6.45) is 4.48. The van der Waals surface area contributed by atoms with Crippen LogP contribution in [0.5, 0.6) is 0 Å². The third-order valence-corrected chi connectivity index (χ3v) is 8.23. The molecule has 3 aromatic rings. The van der Waals surface area contributed by atoms with E-state index in [1.54, 1.807) is 12.1 Å². The van der Waals surface area contributed by atoms with Crippen molar-refractivity contribution in [2.45, 2.75) is 37.5 Å². The number of aliphatic hydroxyl groups is 1. The van der Waals surface area contributed by atoms with E-state index in [9.17, 15) is 40.6 Å². The quantitative estimate of drug-likeness (QED) is 0.137. The third kappa shape index (κ3) is 6.67. The smallest absolute Gasteiger partial charge is 0.296 e. The molecule has 0 unspecified atom stereocenters. The number of aromatic nitrogens is 1. The van der Waals surface area contributed by atoms with Gasteiger partial charge in [0.2, 0.25) is 0 Å². The van der Waals surface area contributed by atoms with Gasteiger partial charge in [-0.05, 0) is 29.7 Å². The molecule has 0 bridgehead atoms. The molecule has 46 heavy (non-hydrogen) atoms. The Morgan fingerprint density at radius 2 is 1.50 bits per heavy atom. The fourth-order valence-electron chi connectivity index (χ4n) is 4.79. The molecule has 0 spiro atoms. The van der Waals surface area contributed by atoms with E-state index in [0.717, 1.165) is 18.2 Å². The Morgan fingerprint density at radius 3 is 2.09 bits per heavy atom. The highest BCUT2D eigenvalue weighted by Crippen LogP contribution is 2.30. The number of hydrogen-bond donors (Lipinski definition) is 4. The second kappa shape index (κ2) is 14.0. The van der Waals surface area contributed by atoms with Gasteiger partial charge in [-0.1, -0.05) is 89.4 Å². The van der Waals surface area contributed by atoms with E-state index in [0.29, 0.717) is 0 Å². The van der Waals surface area contributed by atoms with E-state index in [-0.39, 0.29) is 43.5 Å². The predicted octanol–water partition coefficient (Wildman–Crippen LogP) is 4.92. The van der Waals surface area contributed by atoms with Crippen molar-refractivity contribution in [1.29, 1.82) is 0 Å². The molecule has 1 aliphatic heterocycles. The Hall–Kier alpha value is -4.95. The average molecular weight is 665 g/mol. The number of nitrogens with zero attached hydrogens (tertiary/aromatic N) is 1. The lowest BCUT2D eigenvalue weighted by Crippen LogP contribution is -2.33. The van der Waals surface area contributed by atoms with Crippen LogP contribution in [-0.2, 0) is 20.2 Å². The molecule has 1 aliphatic carbocycles. The molecule has 0 saturated carbocycles. The van der Waals surface area contributed by atoms with Gasteiger partial charge in [0.25, 0.3) is 25.8 Å². The molecule has 11 nitrogen and oxygen atoms in total. The van der Waals surface area contributed by atoms with Crippen LogP contribution in [0, 0.1) is 10.4 Å². The minimum Gasteiger partial charge on any atom is -0.506 e.